The predicted molar refractivity (Wildman–Crippen MR) is 66.6 cm³/mol. The van der Waals surface area contributed by atoms with Crippen LogP contribution in [0, 0.1) is 11.6 Å². The standard InChI is InChI=1S/C9H11F2N5O2S/c1-19(17,18)4-2-5(10)7(6(11)3-4)15-9(14)16-8(12)13/h2-3H,1H3,(H6,12,13,14,15,16). The second-order valence-corrected chi connectivity index (χ2v) is 5.53. The summed E-state index contributed by atoms with van der Waals surface area (Å²) in [6.07, 6.45) is 0.817. The molecule has 10 heteroatoms. The normalized spacial score (nSPS) is 12.3. The van der Waals surface area contributed by atoms with E-state index in [0.717, 1.165) is 6.26 Å². The molecule has 0 heterocycles. The van der Waals surface area contributed by atoms with E-state index >= 15 is 0 Å². The zero-order chi connectivity index (χ0) is 14.8. The number of nitrogens with two attached hydrogens (primary N) is 3. The number of hydrogen-bond acceptors (Lipinski definition) is 3. The monoisotopic (exact) mass is 291 g/mol. The zero-order valence-corrected chi connectivity index (χ0v) is 10.6. The quantitative estimate of drug-likeness (QED) is 0.502. The Kier molecular flexibility index (Phi) is 4.04. The van der Waals surface area contributed by atoms with E-state index in [1.54, 1.807) is 0 Å². The topological polar surface area (TPSA) is 137 Å². The molecule has 104 valence electrons. The second-order valence-electron chi connectivity index (χ2n) is 3.51. The first-order valence-corrected chi connectivity index (χ1v) is 6.63. The summed E-state index contributed by atoms with van der Waals surface area (Å²) in [7, 11) is -3.74. The minimum absolute atomic E-state index is 0.435. The van der Waals surface area contributed by atoms with Crippen LogP contribution in [-0.4, -0.2) is 26.6 Å². The maximum atomic E-state index is 13.6. The van der Waals surface area contributed by atoms with E-state index in [0.29, 0.717) is 12.1 Å². The van der Waals surface area contributed by atoms with E-state index in [2.05, 4.69) is 9.98 Å². The highest BCUT2D eigenvalue weighted by molar-refractivity contribution is 7.90. The van der Waals surface area contributed by atoms with Crippen LogP contribution >= 0.6 is 0 Å². The summed E-state index contributed by atoms with van der Waals surface area (Å²) in [5, 5.41) is 0. The molecule has 0 aliphatic heterocycles. The van der Waals surface area contributed by atoms with E-state index < -0.39 is 44.0 Å². The molecular weight excluding hydrogens is 280 g/mol. The van der Waals surface area contributed by atoms with Gasteiger partial charge < -0.3 is 17.2 Å². The Balaban J connectivity index is 3.38. The summed E-state index contributed by atoms with van der Waals surface area (Å²) < 4.78 is 49.5. The molecule has 0 aliphatic carbocycles. The first-order chi connectivity index (χ1) is 8.61. The summed E-state index contributed by atoms with van der Waals surface area (Å²) in [6.45, 7) is 0. The lowest BCUT2D eigenvalue weighted by atomic mass is 10.3. The summed E-state index contributed by atoms with van der Waals surface area (Å²) in [5.74, 6) is -3.40. The Bertz CT molecular complexity index is 642. The molecule has 1 aromatic rings. The molecule has 7 nitrogen and oxygen atoms in total. The van der Waals surface area contributed by atoms with Crippen molar-refractivity contribution in [2.24, 2.45) is 27.2 Å². The van der Waals surface area contributed by atoms with Crippen LogP contribution in [-0.2, 0) is 9.84 Å². The lowest BCUT2D eigenvalue weighted by Crippen LogP contribution is -2.26. The third-order valence-corrected chi connectivity index (χ3v) is 2.98. The fourth-order valence-corrected chi connectivity index (χ4v) is 1.77. The molecule has 19 heavy (non-hydrogen) atoms. The molecule has 0 unspecified atom stereocenters. The molecule has 0 saturated carbocycles. The molecule has 0 atom stereocenters. The molecule has 0 amide bonds. The molecule has 0 saturated heterocycles. The van der Waals surface area contributed by atoms with Gasteiger partial charge in [-0.2, -0.15) is 4.99 Å². The molecule has 0 spiro atoms. The van der Waals surface area contributed by atoms with E-state index in [-0.39, 0.29) is 0 Å². The minimum atomic E-state index is -3.74. The van der Waals surface area contributed by atoms with Crippen LogP contribution in [0.15, 0.2) is 27.0 Å². The molecule has 0 fully saturated rings. The number of aliphatic imine (C=N–C) groups is 2. The first-order valence-electron chi connectivity index (χ1n) is 4.74. The van der Waals surface area contributed by atoms with Crippen LogP contribution in [0.3, 0.4) is 0 Å². The smallest absolute Gasteiger partial charge is 0.223 e. The number of sulfone groups is 1. The lowest BCUT2D eigenvalue weighted by Gasteiger charge is -2.03. The highest BCUT2D eigenvalue weighted by atomic mass is 32.2. The fraction of sp³-hybridized carbons (Fsp3) is 0.111. The molecular formula is C9H11F2N5O2S. The molecule has 1 rings (SSSR count). The minimum Gasteiger partial charge on any atom is -0.370 e. The van der Waals surface area contributed by atoms with Crippen molar-refractivity contribution in [2.45, 2.75) is 4.90 Å². The molecule has 0 aliphatic rings. The van der Waals surface area contributed by atoms with Gasteiger partial charge in [0.25, 0.3) is 0 Å². The number of hydrogen-bond donors (Lipinski definition) is 3. The van der Waals surface area contributed by atoms with Crippen molar-refractivity contribution in [1.29, 1.82) is 0 Å². The van der Waals surface area contributed by atoms with Gasteiger partial charge in [-0.15, -0.1) is 0 Å². The van der Waals surface area contributed by atoms with Crippen molar-refractivity contribution in [3.05, 3.63) is 23.8 Å². The average Bonchev–Trinajstić information content (AvgIpc) is 2.20. The third kappa shape index (κ3) is 3.88. The zero-order valence-electron chi connectivity index (χ0n) is 9.76. The van der Waals surface area contributed by atoms with Gasteiger partial charge in [0.1, 0.15) is 5.69 Å². The summed E-state index contributed by atoms with van der Waals surface area (Å²) >= 11 is 0. The van der Waals surface area contributed by atoms with Gasteiger partial charge in [0, 0.05) is 6.26 Å². The van der Waals surface area contributed by atoms with Gasteiger partial charge in [-0.1, -0.05) is 0 Å². The van der Waals surface area contributed by atoms with E-state index in [4.69, 9.17) is 17.2 Å². The van der Waals surface area contributed by atoms with E-state index in [1.165, 1.54) is 0 Å². The largest absolute Gasteiger partial charge is 0.370 e. The van der Waals surface area contributed by atoms with E-state index in [1.807, 2.05) is 0 Å². The highest BCUT2D eigenvalue weighted by Crippen LogP contribution is 2.25. The van der Waals surface area contributed by atoms with Crippen molar-refractivity contribution >= 4 is 27.4 Å². The summed E-state index contributed by atoms with van der Waals surface area (Å²) in [5.41, 5.74) is 14.4. The molecule has 0 radical (unpaired) electrons. The predicted octanol–water partition coefficient (Wildman–Crippen LogP) is -0.412. The Morgan fingerprint density at radius 2 is 1.63 bits per heavy atom. The first kappa shape index (κ1) is 14.8. The number of benzene rings is 1. The maximum Gasteiger partial charge on any atom is 0.223 e. The third-order valence-electron chi connectivity index (χ3n) is 1.89. The Morgan fingerprint density at radius 3 is 2.00 bits per heavy atom. The highest BCUT2D eigenvalue weighted by Gasteiger charge is 2.16. The van der Waals surface area contributed by atoms with Crippen LogP contribution in [0.2, 0.25) is 0 Å². The van der Waals surface area contributed by atoms with Gasteiger partial charge >= 0.3 is 0 Å². The maximum absolute atomic E-state index is 13.6. The number of rotatable bonds is 2. The SMILES string of the molecule is CS(=O)(=O)c1cc(F)c(N=C(N)N=C(N)N)c(F)c1. The van der Waals surface area contributed by atoms with Crippen molar-refractivity contribution in [3.8, 4) is 0 Å². The van der Waals surface area contributed by atoms with Crippen LogP contribution in [0.1, 0.15) is 0 Å². The molecule has 0 bridgehead atoms. The summed E-state index contributed by atoms with van der Waals surface area (Å²) in [4.78, 5) is 6.09. The van der Waals surface area contributed by atoms with Gasteiger partial charge in [0.15, 0.2) is 27.4 Å². The second kappa shape index (κ2) is 5.18. The van der Waals surface area contributed by atoms with Crippen LogP contribution < -0.4 is 17.2 Å². The molecule has 0 aromatic heterocycles. The Morgan fingerprint density at radius 1 is 1.16 bits per heavy atom. The fourth-order valence-electron chi connectivity index (χ4n) is 1.13. The average molecular weight is 291 g/mol. The van der Waals surface area contributed by atoms with Crippen molar-refractivity contribution in [3.63, 3.8) is 0 Å². The van der Waals surface area contributed by atoms with Crippen LogP contribution in [0.4, 0.5) is 14.5 Å². The van der Waals surface area contributed by atoms with Crippen LogP contribution in [0.25, 0.3) is 0 Å². The molecule has 6 N–H and O–H groups in total. The van der Waals surface area contributed by atoms with Gasteiger partial charge in [-0.3, -0.25) is 0 Å². The van der Waals surface area contributed by atoms with Gasteiger partial charge in [0.05, 0.1) is 4.90 Å². The van der Waals surface area contributed by atoms with Crippen molar-refractivity contribution in [1.82, 2.24) is 0 Å². The lowest BCUT2D eigenvalue weighted by molar-refractivity contribution is 0.572. The number of guanidine groups is 2. The van der Waals surface area contributed by atoms with Gasteiger partial charge in [-0.05, 0) is 12.1 Å². The summed E-state index contributed by atoms with van der Waals surface area (Å²) in [6, 6.07) is 1.25. The van der Waals surface area contributed by atoms with Crippen molar-refractivity contribution in [2.75, 3.05) is 6.26 Å². The van der Waals surface area contributed by atoms with Crippen molar-refractivity contribution < 1.29 is 17.2 Å². The Labute approximate surface area is 107 Å². The van der Waals surface area contributed by atoms with E-state index in [9.17, 15) is 17.2 Å². The van der Waals surface area contributed by atoms with Gasteiger partial charge in [0.2, 0.25) is 5.96 Å². The molecule has 1 aromatic carbocycles. The van der Waals surface area contributed by atoms with Gasteiger partial charge in [-0.25, -0.2) is 22.2 Å². The number of halogens is 2. The van der Waals surface area contributed by atoms with Crippen LogP contribution in [0.5, 0.6) is 0 Å². The number of nitrogens with zero attached hydrogens (tertiary/aromatic N) is 2. The Hall–Kier alpha value is -2.23.